The molecule has 0 atom stereocenters. The number of hydrogen-bond donors (Lipinski definition) is 0. The van der Waals surface area contributed by atoms with Crippen molar-refractivity contribution in [3.05, 3.63) is 23.3 Å². The van der Waals surface area contributed by atoms with Gasteiger partial charge < -0.3 is 14.4 Å². The van der Waals surface area contributed by atoms with Crippen LogP contribution in [-0.4, -0.2) is 38.1 Å². The van der Waals surface area contributed by atoms with Crippen LogP contribution < -0.4 is 9.47 Å². The van der Waals surface area contributed by atoms with E-state index < -0.39 is 0 Å². The van der Waals surface area contributed by atoms with Gasteiger partial charge in [0, 0.05) is 18.7 Å². The van der Waals surface area contributed by atoms with E-state index in [1.807, 2.05) is 20.8 Å². The zero-order valence-corrected chi connectivity index (χ0v) is 11.7. The highest BCUT2D eigenvalue weighted by Crippen LogP contribution is 2.31. The summed E-state index contributed by atoms with van der Waals surface area (Å²) in [6, 6.07) is 3.56. The molecule has 0 aliphatic rings. The Bertz CT molecular complexity index is 425. The van der Waals surface area contributed by atoms with Crippen molar-refractivity contribution < 1.29 is 14.3 Å². The molecule has 0 aliphatic carbocycles. The van der Waals surface area contributed by atoms with Crippen LogP contribution in [0, 0.1) is 6.92 Å². The molecule has 0 bridgehead atoms. The second kappa shape index (κ2) is 6.28. The first-order valence-electron chi connectivity index (χ1n) is 6.11. The molecule has 100 valence electrons. The van der Waals surface area contributed by atoms with Gasteiger partial charge in [-0.1, -0.05) is 0 Å². The van der Waals surface area contributed by atoms with E-state index in [0.29, 0.717) is 24.4 Å². The Balaban J connectivity index is 3.24. The Morgan fingerprint density at radius 2 is 1.78 bits per heavy atom. The fourth-order valence-corrected chi connectivity index (χ4v) is 2.01. The molecule has 0 heterocycles. The molecular formula is C14H21NO3. The van der Waals surface area contributed by atoms with Crippen molar-refractivity contribution in [3.8, 4) is 11.5 Å². The highest BCUT2D eigenvalue weighted by molar-refractivity contribution is 5.97. The predicted molar refractivity (Wildman–Crippen MR) is 71.5 cm³/mol. The number of nitrogens with zero attached hydrogens (tertiary/aromatic N) is 1. The topological polar surface area (TPSA) is 38.8 Å². The molecule has 0 fully saturated rings. The summed E-state index contributed by atoms with van der Waals surface area (Å²) in [6.07, 6.45) is 0. The number of benzene rings is 1. The maximum Gasteiger partial charge on any atom is 0.257 e. The van der Waals surface area contributed by atoms with Crippen LogP contribution in [0.2, 0.25) is 0 Å². The molecule has 1 aromatic rings. The van der Waals surface area contributed by atoms with E-state index in [2.05, 4.69) is 0 Å². The Morgan fingerprint density at radius 1 is 1.17 bits per heavy atom. The van der Waals surface area contributed by atoms with Crippen molar-refractivity contribution in [1.82, 2.24) is 4.90 Å². The summed E-state index contributed by atoms with van der Waals surface area (Å²) in [5.41, 5.74) is 1.43. The van der Waals surface area contributed by atoms with Crippen molar-refractivity contribution in [1.29, 1.82) is 0 Å². The smallest absolute Gasteiger partial charge is 0.257 e. The maximum absolute atomic E-state index is 12.3. The summed E-state index contributed by atoms with van der Waals surface area (Å²) < 4.78 is 10.6. The lowest BCUT2D eigenvalue weighted by Gasteiger charge is -2.21. The lowest BCUT2D eigenvalue weighted by molar-refractivity contribution is 0.0769. The number of methoxy groups -OCH3 is 2. The average molecular weight is 251 g/mol. The molecule has 0 unspecified atom stereocenters. The quantitative estimate of drug-likeness (QED) is 0.807. The van der Waals surface area contributed by atoms with Crippen LogP contribution in [0.15, 0.2) is 12.1 Å². The number of carbonyl (C=O) groups excluding carboxylic acids is 1. The van der Waals surface area contributed by atoms with E-state index in [1.165, 1.54) is 0 Å². The first kappa shape index (κ1) is 14.4. The predicted octanol–water partition coefficient (Wildman–Crippen LogP) is 2.49. The van der Waals surface area contributed by atoms with Gasteiger partial charge in [-0.15, -0.1) is 0 Å². The van der Waals surface area contributed by atoms with Crippen molar-refractivity contribution in [2.24, 2.45) is 0 Å². The van der Waals surface area contributed by atoms with E-state index in [1.54, 1.807) is 31.3 Å². The van der Waals surface area contributed by atoms with Crippen molar-refractivity contribution in [3.63, 3.8) is 0 Å². The fraction of sp³-hybridized carbons (Fsp3) is 0.500. The third-order valence-electron chi connectivity index (χ3n) is 3.06. The molecule has 0 radical (unpaired) electrons. The van der Waals surface area contributed by atoms with Gasteiger partial charge >= 0.3 is 0 Å². The van der Waals surface area contributed by atoms with E-state index in [0.717, 1.165) is 11.3 Å². The van der Waals surface area contributed by atoms with Gasteiger partial charge in [0.15, 0.2) is 0 Å². The standard InChI is InChI=1S/C14H21NO3/c1-6-15(7-2)14(16)11-8-9-12(17-4)10(3)13(11)18-5/h8-9H,6-7H2,1-5H3. The van der Waals surface area contributed by atoms with Crippen molar-refractivity contribution >= 4 is 5.91 Å². The normalized spacial score (nSPS) is 10.1. The lowest BCUT2D eigenvalue weighted by Crippen LogP contribution is -2.30. The molecule has 0 N–H and O–H groups in total. The Labute approximate surface area is 108 Å². The molecule has 4 heteroatoms. The summed E-state index contributed by atoms with van der Waals surface area (Å²) in [5.74, 6) is 1.30. The second-order valence-electron chi connectivity index (χ2n) is 3.95. The SMILES string of the molecule is CCN(CC)C(=O)c1ccc(OC)c(C)c1OC. The van der Waals surface area contributed by atoms with Crippen LogP contribution in [0.25, 0.3) is 0 Å². The molecule has 0 saturated carbocycles. The summed E-state index contributed by atoms with van der Waals surface area (Å²) >= 11 is 0. The van der Waals surface area contributed by atoms with Crippen LogP contribution in [-0.2, 0) is 0 Å². The molecule has 1 aromatic carbocycles. The maximum atomic E-state index is 12.3. The van der Waals surface area contributed by atoms with Gasteiger partial charge in [-0.2, -0.15) is 0 Å². The van der Waals surface area contributed by atoms with Crippen molar-refractivity contribution in [2.45, 2.75) is 20.8 Å². The van der Waals surface area contributed by atoms with Gasteiger partial charge in [0.05, 0.1) is 19.8 Å². The van der Waals surface area contributed by atoms with E-state index in [9.17, 15) is 4.79 Å². The van der Waals surface area contributed by atoms with Gasteiger partial charge in [-0.3, -0.25) is 4.79 Å². The minimum atomic E-state index is -0.0115. The minimum Gasteiger partial charge on any atom is -0.496 e. The molecule has 0 saturated heterocycles. The van der Waals surface area contributed by atoms with Crippen LogP contribution in [0.1, 0.15) is 29.8 Å². The van der Waals surface area contributed by atoms with Crippen LogP contribution >= 0.6 is 0 Å². The first-order valence-corrected chi connectivity index (χ1v) is 6.11. The number of carbonyl (C=O) groups is 1. The first-order chi connectivity index (χ1) is 8.60. The zero-order chi connectivity index (χ0) is 13.7. The minimum absolute atomic E-state index is 0.0115. The highest BCUT2D eigenvalue weighted by Gasteiger charge is 2.20. The van der Waals surface area contributed by atoms with E-state index in [4.69, 9.17) is 9.47 Å². The third kappa shape index (κ3) is 2.58. The summed E-state index contributed by atoms with van der Waals surface area (Å²) in [6.45, 7) is 7.18. The second-order valence-corrected chi connectivity index (χ2v) is 3.95. The molecule has 0 aromatic heterocycles. The third-order valence-corrected chi connectivity index (χ3v) is 3.06. The molecular weight excluding hydrogens is 230 g/mol. The monoisotopic (exact) mass is 251 g/mol. The Kier molecular flexibility index (Phi) is 5.01. The van der Waals surface area contributed by atoms with Crippen molar-refractivity contribution in [2.75, 3.05) is 27.3 Å². The number of hydrogen-bond acceptors (Lipinski definition) is 3. The summed E-state index contributed by atoms with van der Waals surface area (Å²) in [4.78, 5) is 14.1. The highest BCUT2D eigenvalue weighted by atomic mass is 16.5. The van der Waals surface area contributed by atoms with Crippen LogP contribution in [0.3, 0.4) is 0 Å². The van der Waals surface area contributed by atoms with E-state index >= 15 is 0 Å². The number of ether oxygens (including phenoxy) is 2. The number of amides is 1. The molecule has 0 aliphatic heterocycles. The van der Waals surface area contributed by atoms with Gasteiger partial charge in [0.1, 0.15) is 11.5 Å². The fourth-order valence-electron chi connectivity index (χ4n) is 2.01. The van der Waals surface area contributed by atoms with Gasteiger partial charge in [0.25, 0.3) is 5.91 Å². The van der Waals surface area contributed by atoms with Gasteiger partial charge in [-0.25, -0.2) is 0 Å². The van der Waals surface area contributed by atoms with Crippen LogP contribution in [0.4, 0.5) is 0 Å². The zero-order valence-electron chi connectivity index (χ0n) is 11.7. The Morgan fingerprint density at radius 3 is 2.22 bits per heavy atom. The lowest BCUT2D eigenvalue weighted by atomic mass is 10.1. The van der Waals surface area contributed by atoms with Crippen LogP contribution in [0.5, 0.6) is 11.5 Å². The summed E-state index contributed by atoms with van der Waals surface area (Å²) in [5, 5.41) is 0. The van der Waals surface area contributed by atoms with Gasteiger partial charge in [0.2, 0.25) is 0 Å². The molecule has 1 rings (SSSR count). The van der Waals surface area contributed by atoms with E-state index in [-0.39, 0.29) is 5.91 Å². The summed E-state index contributed by atoms with van der Waals surface area (Å²) in [7, 11) is 3.18. The van der Waals surface area contributed by atoms with Gasteiger partial charge in [-0.05, 0) is 32.9 Å². The molecule has 1 amide bonds. The molecule has 4 nitrogen and oxygen atoms in total. The average Bonchev–Trinajstić information content (AvgIpc) is 2.39. The largest absolute Gasteiger partial charge is 0.496 e. The molecule has 18 heavy (non-hydrogen) atoms. The number of rotatable bonds is 5. The molecule has 0 spiro atoms. The Hall–Kier alpha value is -1.71.